The molecular formula is C21H22BrN3O8. The van der Waals surface area contributed by atoms with Gasteiger partial charge in [0.15, 0.2) is 0 Å². The number of methoxy groups -OCH3 is 1. The number of hydrogen-bond acceptors (Lipinski definition) is 7. The standard InChI is InChI=1S/C19H20BrN3O4.C2H2O4/c1-27-18-7-4-16(20)12-15(18)13-21-8-10-22(11-9-21)19(24)14-2-5-17(6-3-14)23(25)26;3-1(4)2(5)6/h2-7,12H,8-11,13H2,1H3;(H,3,4)(H,5,6). The number of benzene rings is 2. The predicted molar refractivity (Wildman–Crippen MR) is 120 cm³/mol. The number of aliphatic carboxylic acids is 2. The number of rotatable bonds is 5. The zero-order valence-electron chi connectivity index (χ0n) is 17.6. The Labute approximate surface area is 197 Å². The fourth-order valence-corrected chi connectivity index (χ4v) is 3.54. The van der Waals surface area contributed by atoms with Gasteiger partial charge in [-0.25, -0.2) is 9.59 Å². The van der Waals surface area contributed by atoms with Crippen LogP contribution in [0.15, 0.2) is 46.9 Å². The van der Waals surface area contributed by atoms with Gasteiger partial charge in [-0.3, -0.25) is 19.8 Å². The summed E-state index contributed by atoms with van der Waals surface area (Å²) < 4.78 is 6.43. The summed E-state index contributed by atoms with van der Waals surface area (Å²) in [5.74, 6) is -2.89. The summed E-state index contributed by atoms with van der Waals surface area (Å²) in [6.07, 6.45) is 0. The van der Waals surface area contributed by atoms with Gasteiger partial charge in [-0.05, 0) is 30.3 Å². The first kappa shape index (κ1) is 25.7. The number of ether oxygens (including phenoxy) is 1. The zero-order valence-corrected chi connectivity index (χ0v) is 19.2. The Morgan fingerprint density at radius 2 is 1.61 bits per heavy atom. The maximum atomic E-state index is 12.6. The lowest BCUT2D eigenvalue weighted by molar-refractivity contribution is -0.384. The third kappa shape index (κ3) is 7.54. The molecule has 12 heteroatoms. The number of carbonyl (C=O) groups is 3. The highest BCUT2D eigenvalue weighted by Crippen LogP contribution is 2.25. The number of halogens is 1. The number of carboxylic acids is 2. The molecule has 2 N–H and O–H groups in total. The Bertz CT molecular complexity index is 1010. The molecule has 0 unspecified atom stereocenters. The number of carbonyl (C=O) groups excluding carboxylic acids is 1. The smallest absolute Gasteiger partial charge is 0.414 e. The van der Waals surface area contributed by atoms with Crippen LogP contribution in [0.4, 0.5) is 5.69 Å². The SMILES string of the molecule is COc1ccc(Br)cc1CN1CCN(C(=O)c2ccc([N+](=O)[O-])cc2)CC1.O=C(O)C(=O)O. The van der Waals surface area contributed by atoms with E-state index >= 15 is 0 Å². The van der Waals surface area contributed by atoms with Crippen LogP contribution in [-0.2, 0) is 16.1 Å². The molecule has 176 valence electrons. The van der Waals surface area contributed by atoms with Gasteiger partial charge in [0, 0.05) is 60.5 Å². The second kappa shape index (κ2) is 11.9. The van der Waals surface area contributed by atoms with Crippen molar-refractivity contribution in [2.75, 3.05) is 33.3 Å². The van der Waals surface area contributed by atoms with Crippen molar-refractivity contribution in [3.8, 4) is 5.75 Å². The highest BCUT2D eigenvalue weighted by molar-refractivity contribution is 9.10. The summed E-state index contributed by atoms with van der Waals surface area (Å²) in [4.78, 5) is 45.1. The van der Waals surface area contributed by atoms with Crippen molar-refractivity contribution in [2.24, 2.45) is 0 Å². The summed E-state index contributed by atoms with van der Waals surface area (Å²) in [7, 11) is 1.66. The van der Waals surface area contributed by atoms with E-state index in [0.29, 0.717) is 18.7 Å². The highest BCUT2D eigenvalue weighted by Gasteiger charge is 2.23. The molecule has 0 saturated carbocycles. The Hall–Kier alpha value is -3.51. The third-order valence-corrected chi connectivity index (χ3v) is 5.30. The molecule has 0 aliphatic carbocycles. The Balaban J connectivity index is 0.000000569. The summed E-state index contributed by atoms with van der Waals surface area (Å²) in [6.45, 7) is 3.50. The van der Waals surface area contributed by atoms with Gasteiger partial charge in [-0.2, -0.15) is 0 Å². The average molecular weight is 524 g/mol. The predicted octanol–water partition coefficient (Wildman–Crippen LogP) is 2.48. The van der Waals surface area contributed by atoms with Crippen molar-refractivity contribution < 1.29 is 34.3 Å². The van der Waals surface area contributed by atoms with E-state index in [4.69, 9.17) is 24.5 Å². The molecule has 1 fully saturated rings. The fourth-order valence-electron chi connectivity index (χ4n) is 3.13. The molecule has 2 aromatic carbocycles. The second-order valence-electron chi connectivity index (χ2n) is 6.94. The minimum absolute atomic E-state index is 0.0145. The van der Waals surface area contributed by atoms with E-state index < -0.39 is 16.9 Å². The molecule has 11 nitrogen and oxygen atoms in total. The maximum Gasteiger partial charge on any atom is 0.414 e. The molecule has 0 radical (unpaired) electrons. The number of piperazine rings is 1. The summed E-state index contributed by atoms with van der Waals surface area (Å²) >= 11 is 3.49. The molecule has 2 aromatic rings. The lowest BCUT2D eigenvalue weighted by Gasteiger charge is -2.35. The van der Waals surface area contributed by atoms with Crippen LogP contribution in [0.2, 0.25) is 0 Å². The maximum absolute atomic E-state index is 12.6. The van der Waals surface area contributed by atoms with E-state index in [1.165, 1.54) is 24.3 Å². The quantitative estimate of drug-likeness (QED) is 0.342. The van der Waals surface area contributed by atoms with E-state index in [1.54, 1.807) is 12.0 Å². The van der Waals surface area contributed by atoms with Crippen molar-refractivity contribution in [2.45, 2.75) is 6.54 Å². The van der Waals surface area contributed by atoms with Crippen LogP contribution in [-0.4, -0.2) is 76.1 Å². The molecule has 0 spiro atoms. The number of carboxylic acid groups (broad SMARTS) is 2. The van der Waals surface area contributed by atoms with Crippen molar-refractivity contribution in [1.29, 1.82) is 0 Å². The van der Waals surface area contributed by atoms with Crippen LogP contribution in [0.25, 0.3) is 0 Å². The molecular weight excluding hydrogens is 502 g/mol. The number of hydrogen-bond donors (Lipinski definition) is 2. The van der Waals surface area contributed by atoms with Crippen molar-refractivity contribution in [3.63, 3.8) is 0 Å². The van der Waals surface area contributed by atoms with Gasteiger partial charge in [0.2, 0.25) is 0 Å². The van der Waals surface area contributed by atoms with Crippen LogP contribution in [0.5, 0.6) is 5.75 Å². The first-order valence-electron chi connectivity index (χ1n) is 9.67. The molecule has 1 heterocycles. The molecule has 3 rings (SSSR count). The molecule has 1 saturated heterocycles. The molecule has 1 aliphatic rings. The lowest BCUT2D eigenvalue weighted by atomic mass is 10.1. The number of amides is 1. The minimum Gasteiger partial charge on any atom is -0.496 e. The van der Waals surface area contributed by atoms with Crippen molar-refractivity contribution in [1.82, 2.24) is 9.80 Å². The Morgan fingerprint density at radius 3 is 2.09 bits per heavy atom. The summed E-state index contributed by atoms with van der Waals surface area (Å²) in [5.41, 5.74) is 1.56. The van der Waals surface area contributed by atoms with Gasteiger partial charge in [0.1, 0.15) is 5.75 Å². The highest BCUT2D eigenvalue weighted by atomic mass is 79.9. The van der Waals surface area contributed by atoms with E-state index in [-0.39, 0.29) is 11.6 Å². The number of nitro groups is 1. The van der Waals surface area contributed by atoms with Gasteiger partial charge < -0.3 is 19.8 Å². The zero-order chi connectivity index (χ0) is 24.5. The largest absolute Gasteiger partial charge is 0.496 e. The number of non-ortho nitro benzene ring substituents is 1. The molecule has 0 aromatic heterocycles. The van der Waals surface area contributed by atoms with Crippen LogP contribution in [0.1, 0.15) is 15.9 Å². The van der Waals surface area contributed by atoms with Crippen LogP contribution < -0.4 is 4.74 Å². The molecule has 0 bridgehead atoms. The lowest BCUT2D eigenvalue weighted by Crippen LogP contribution is -2.48. The average Bonchev–Trinajstić information content (AvgIpc) is 2.79. The Morgan fingerprint density at radius 1 is 1.03 bits per heavy atom. The minimum atomic E-state index is -1.82. The molecule has 0 atom stereocenters. The van der Waals surface area contributed by atoms with Gasteiger partial charge in [0.05, 0.1) is 12.0 Å². The topological polar surface area (TPSA) is 151 Å². The van der Waals surface area contributed by atoms with E-state index in [1.807, 2.05) is 18.2 Å². The van der Waals surface area contributed by atoms with Crippen molar-refractivity contribution >= 4 is 39.5 Å². The summed E-state index contributed by atoms with van der Waals surface area (Å²) in [5, 5.41) is 25.5. The third-order valence-electron chi connectivity index (χ3n) is 4.80. The number of nitro benzene ring substituents is 1. The van der Waals surface area contributed by atoms with E-state index in [2.05, 4.69) is 20.8 Å². The molecule has 1 aliphatic heterocycles. The van der Waals surface area contributed by atoms with Gasteiger partial charge in [-0.1, -0.05) is 15.9 Å². The molecule has 33 heavy (non-hydrogen) atoms. The van der Waals surface area contributed by atoms with Crippen LogP contribution in [0.3, 0.4) is 0 Å². The van der Waals surface area contributed by atoms with Crippen LogP contribution in [0, 0.1) is 10.1 Å². The summed E-state index contributed by atoms with van der Waals surface area (Å²) in [6, 6.07) is 11.7. The van der Waals surface area contributed by atoms with Gasteiger partial charge in [0.25, 0.3) is 11.6 Å². The second-order valence-corrected chi connectivity index (χ2v) is 7.85. The first-order chi connectivity index (χ1) is 15.6. The normalized spacial score (nSPS) is 13.5. The molecule has 1 amide bonds. The monoisotopic (exact) mass is 523 g/mol. The first-order valence-corrected chi connectivity index (χ1v) is 10.5. The Kier molecular flexibility index (Phi) is 9.30. The number of nitrogens with zero attached hydrogens (tertiary/aromatic N) is 3. The fraction of sp³-hybridized carbons (Fsp3) is 0.286. The van der Waals surface area contributed by atoms with Crippen LogP contribution >= 0.6 is 15.9 Å². The van der Waals surface area contributed by atoms with E-state index in [9.17, 15) is 14.9 Å². The van der Waals surface area contributed by atoms with E-state index in [0.717, 1.165) is 35.4 Å². The van der Waals surface area contributed by atoms with Gasteiger partial charge >= 0.3 is 11.9 Å². The van der Waals surface area contributed by atoms with Gasteiger partial charge in [-0.15, -0.1) is 0 Å². The van der Waals surface area contributed by atoms with Crippen molar-refractivity contribution in [3.05, 3.63) is 68.2 Å².